The van der Waals surface area contributed by atoms with Crippen molar-refractivity contribution in [1.82, 2.24) is 14.7 Å². The first-order valence-corrected chi connectivity index (χ1v) is 7.27. The lowest BCUT2D eigenvalue weighted by molar-refractivity contribution is -0.0561. The van der Waals surface area contributed by atoms with E-state index in [1.807, 2.05) is 11.6 Å². The summed E-state index contributed by atoms with van der Waals surface area (Å²) in [6.45, 7) is 2.63. The molecule has 0 N–H and O–H groups in total. The molecule has 3 rings (SSSR count). The molecule has 1 aromatic rings. The van der Waals surface area contributed by atoms with E-state index in [4.69, 9.17) is 0 Å². The molecule has 6 heteroatoms. The van der Waals surface area contributed by atoms with Crippen LogP contribution >= 0.6 is 0 Å². The maximum Gasteiger partial charge on any atom is 0.274 e. The van der Waals surface area contributed by atoms with Crippen LogP contribution in [0, 0.1) is 0 Å². The number of rotatable bonds is 2. The van der Waals surface area contributed by atoms with E-state index in [1.54, 1.807) is 0 Å². The van der Waals surface area contributed by atoms with Crippen LogP contribution in [0.5, 0.6) is 0 Å². The van der Waals surface area contributed by atoms with Gasteiger partial charge in [-0.25, -0.2) is 8.78 Å². The maximum atomic E-state index is 13.5. The van der Waals surface area contributed by atoms with E-state index < -0.39 is 12.5 Å². The van der Waals surface area contributed by atoms with Gasteiger partial charge in [0.15, 0.2) is 5.69 Å². The van der Waals surface area contributed by atoms with Crippen LogP contribution in [0.15, 0.2) is 0 Å². The van der Waals surface area contributed by atoms with Gasteiger partial charge < -0.3 is 4.90 Å². The van der Waals surface area contributed by atoms with Gasteiger partial charge in [0, 0.05) is 30.8 Å². The number of likely N-dealkylation sites (tertiary alicyclic amines) is 1. The Kier molecular flexibility index (Phi) is 3.26. The lowest BCUT2D eigenvalue weighted by Gasteiger charge is -2.32. The van der Waals surface area contributed by atoms with Crippen LogP contribution in [0.3, 0.4) is 0 Å². The molecule has 0 atom stereocenters. The third-order valence-electron chi connectivity index (χ3n) is 4.19. The number of hydrogen-bond donors (Lipinski definition) is 0. The third kappa shape index (κ3) is 2.21. The molecule has 2 heterocycles. The number of nitrogens with zero attached hydrogens (tertiary/aromatic N) is 3. The Hall–Kier alpha value is -1.46. The summed E-state index contributed by atoms with van der Waals surface area (Å²) in [6.07, 6.45) is 3.01. The molecule has 1 aliphatic carbocycles. The molecule has 1 amide bonds. The first-order chi connectivity index (χ1) is 9.52. The largest absolute Gasteiger partial charge is 0.331 e. The Labute approximate surface area is 116 Å². The normalized spacial score (nSPS) is 21.1. The molecular formula is C14H19F2N3O. The van der Waals surface area contributed by atoms with Crippen molar-refractivity contribution in [3.63, 3.8) is 0 Å². The molecule has 110 valence electrons. The van der Waals surface area contributed by atoms with E-state index in [-0.39, 0.29) is 12.3 Å². The quantitative estimate of drug-likeness (QED) is 0.835. The van der Waals surface area contributed by atoms with Gasteiger partial charge in [-0.2, -0.15) is 5.10 Å². The number of amides is 1. The maximum absolute atomic E-state index is 13.5. The molecule has 1 aromatic heterocycles. The Morgan fingerprint density at radius 1 is 1.35 bits per heavy atom. The van der Waals surface area contributed by atoms with Crippen molar-refractivity contribution in [1.29, 1.82) is 0 Å². The number of carbonyl (C=O) groups is 1. The molecule has 1 saturated heterocycles. The number of fused-ring (bicyclic) bond motifs is 1. The molecule has 0 saturated carbocycles. The van der Waals surface area contributed by atoms with Gasteiger partial charge >= 0.3 is 0 Å². The highest BCUT2D eigenvalue weighted by Crippen LogP contribution is 2.30. The van der Waals surface area contributed by atoms with Crippen molar-refractivity contribution in [2.24, 2.45) is 0 Å². The van der Waals surface area contributed by atoms with Crippen LogP contribution < -0.4 is 0 Å². The highest BCUT2D eigenvalue weighted by molar-refractivity contribution is 5.94. The minimum absolute atomic E-state index is 0.127. The Balaban J connectivity index is 1.88. The van der Waals surface area contributed by atoms with Gasteiger partial charge in [-0.1, -0.05) is 0 Å². The van der Waals surface area contributed by atoms with Gasteiger partial charge in [0.05, 0.1) is 6.54 Å². The summed E-state index contributed by atoms with van der Waals surface area (Å²) in [5, 5.41) is 4.35. The summed E-state index contributed by atoms with van der Waals surface area (Å²) in [4.78, 5) is 13.8. The lowest BCUT2D eigenvalue weighted by Crippen LogP contribution is -2.46. The smallest absolute Gasteiger partial charge is 0.274 e. The van der Waals surface area contributed by atoms with Crippen molar-refractivity contribution in [2.75, 3.05) is 13.1 Å². The number of piperidine rings is 1. The van der Waals surface area contributed by atoms with Crippen LogP contribution in [-0.2, 0) is 19.4 Å². The van der Waals surface area contributed by atoms with Gasteiger partial charge in [0.2, 0.25) is 0 Å². The predicted octanol–water partition coefficient (Wildman–Crippen LogP) is 2.26. The fourth-order valence-electron chi connectivity index (χ4n) is 3.23. The highest BCUT2D eigenvalue weighted by atomic mass is 19.3. The van der Waals surface area contributed by atoms with E-state index in [0.717, 1.165) is 30.5 Å². The summed E-state index contributed by atoms with van der Waals surface area (Å²) in [5.74, 6) is -3.08. The molecule has 4 nitrogen and oxygen atoms in total. The number of halogens is 2. The van der Waals surface area contributed by atoms with Crippen LogP contribution in [0.4, 0.5) is 8.78 Å². The second kappa shape index (κ2) is 4.82. The number of aryl methyl sites for hydroxylation is 1. The fraction of sp³-hybridized carbons (Fsp3) is 0.714. The second-order valence-corrected chi connectivity index (χ2v) is 5.63. The first-order valence-electron chi connectivity index (χ1n) is 7.27. The Morgan fingerprint density at radius 3 is 2.85 bits per heavy atom. The molecule has 2 aliphatic rings. The van der Waals surface area contributed by atoms with Crippen molar-refractivity contribution < 1.29 is 13.6 Å². The van der Waals surface area contributed by atoms with Crippen molar-refractivity contribution in [2.45, 2.75) is 51.5 Å². The van der Waals surface area contributed by atoms with E-state index in [9.17, 15) is 13.6 Å². The molecule has 20 heavy (non-hydrogen) atoms. The fourth-order valence-corrected chi connectivity index (χ4v) is 3.23. The number of alkyl halides is 2. The van der Waals surface area contributed by atoms with E-state index in [1.165, 1.54) is 4.90 Å². The summed E-state index contributed by atoms with van der Waals surface area (Å²) >= 11 is 0. The highest BCUT2D eigenvalue weighted by Gasteiger charge is 2.39. The Morgan fingerprint density at radius 2 is 2.15 bits per heavy atom. The average molecular weight is 283 g/mol. The summed E-state index contributed by atoms with van der Waals surface area (Å²) in [5.41, 5.74) is 2.49. The summed E-state index contributed by atoms with van der Waals surface area (Å²) < 4.78 is 28.8. The first kappa shape index (κ1) is 13.5. The number of carbonyl (C=O) groups excluding carboxylic acids is 1. The van der Waals surface area contributed by atoms with Crippen molar-refractivity contribution in [3.8, 4) is 0 Å². The van der Waals surface area contributed by atoms with Gasteiger partial charge in [-0.05, 0) is 32.6 Å². The predicted molar refractivity (Wildman–Crippen MR) is 70.0 cm³/mol. The SMILES string of the molecule is CCn1nc(C(=O)N2CCCC(F)(F)C2)c2c1CCC2. The molecule has 0 unspecified atom stereocenters. The molecule has 0 aromatic carbocycles. The van der Waals surface area contributed by atoms with Gasteiger partial charge in [-0.3, -0.25) is 9.48 Å². The zero-order chi connectivity index (χ0) is 14.3. The van der Waals surface area contributed by atoms with E-state index in [2.05, 4.69) is 5.10 Å². The average Bonchev–Trinajstić information content (AvgIpc) is 2.98. The topological polar surface area (TPSA) is 38.1 Å². The summed E-state index contributed by atoms with van der Waals surface area (Å²) in [7, 11) is 0. The monoisotopic (exact) mass is 283 g/mol. The standard InChI is InChI=1S/C14H19F2N3O/c1-2-19-11-6-3-5-10(11)12(17-19)13(20)18-8-4-7-14(15,16)9-18/h2-9H2,1H3. The molecule has 1 aliphatic heterocycles. The molecule has 0 radical (unpaired) electrons. The van der Waals surface area contributed by atoms with Crippen LogP contribution in [0.1, 0.15) is 47.9 Å². The van der Waals surface area contributed by atoms with E-state index >= 15 is 0 Å². The van der Waals surface area contributed by atoms with Gasteiger partial charge in [0.25, 0.3) is 11.8 Å². The number of hydrogen-bond acceptors (Lipinski definition) is 2. The van der Waals surface area contributed by atoms with Crippen LogP contribution in [0.2, 0.25) is 0 Å². The van der Waals surface area contributed by atoms with Crippen molar-refractivity contribution >= 4 is 5.91 Å². The van der Waals surface area contributed by atoms with Gasteiger partial charge in [0.1, 0.15) is 0 Å². The van der Waals surface area contributed by atoms with Crippen molar-refractivity contribution in [3.05, 3.63) is 17.0 Å². The van der Waals surface area contributed by atoms with Gasteiger partial charge in [-0.15, -0.1) is 0 Å². The molecule has 0 spiro atoms. The third-order valence-corrected chi connectivity index (χ3v) is 4.19. The second-order valence-electron chi connectivity index (χ2n) is 5.63. The van der Waals surface area contributed by atoms with E-state index in [0.29, 0.717) is 25.2 Å². The number of aromatic nitrogens is 2. The van der Waals surface area contributed by atoms with Crippen LogP contribution in [0.25, 0.3) is 0 Å². The molecule has 1 fully saturated rings. The zero-order valence-corrected chi connectivity index (χ0v) is 11.7. The minimum atomic E-state index is -2.76. The minimum Gasteiger partial charge on any atom is -0.331 e. The molecule has 0 bridgehead atoms. The summed E-state index contributed by atoms with van der Waals surface area (Å²) in [6, 6.07) is 0. The Bertz CT molecular complexity index is 539. The molecular weight excluding hydrogens is 264 g/mol. The lowest BCUT2D eigenvalue weighted by atomic mass is 10.1. The zero-order valence-electron chi connectivity index (χ0n) is 11.7. The van der Waals surface area contributed by atoms with Crippen LogP contribution in [-0.4, -0.2) is 39.6 Å².